The van der Waals surface area contributed by atoms with Crippen molar-refractivity contribution in [1.29, 1.82) is 0 Å². The minimum absolute atomic E-state index is 0.190. The number of hydrogen-bond donors (Lipinski definition) is 2. The third-order valence-electron chi connectivity index (χ3n) is 3.25. The maximum atomic E-state index is 12.9. The highest BCUT2D eigenvalue weighted by Crippen LogP contribution is 2.36. The number of anilines is 1. The lowest BCUT2D eigenvalue weighted by Crippen LogP contribution is -2.15. The highest BCUT2D eigenvalue weighted by Gasteiger charge is 2.34. The van der Waals surface area contributed by atoms with Crippen LogP contribution in [0.25, 0.3) is 10.9 Å². The topological polar surface area (TPSA) is 74.8 Å². The number of nitrogens with zero attached hydrogens (tertiary/aromatic N) is 1. The lowest BCUT2D eigenvalue weighted by Gasteiger charge is -2.12. The van der Waals surface area contributed by atoms with Gasteiger partial charge in [0.25, 0.3) is 10.0 Å². The number of halogens is 4. The van der Waals surface area contributed by atoms with Crippen molar-refractivity contribution in [3.63, 3.8) is 0 Å². The summed E-state index contributed by atoms with van der Waals surface area (Å²) in [7, 11) is -4.21. The second kappa shape index (κ2) is 5.67. The molecule has 24 heavy (non-hydrogen) atoms. The molecule has 0 amide bonds. The first kappa shape index (κ1) is 16.6. The van der Waals surface area contributed by atoms with Crippen molar-refractivity contribution in [2.45, 2.75) is 11.1 Å². The van der Waals surface area contributed by atoms with Gasteiger partial charge in [0.05, 0.1) is 32.9 Å². The fourth-order valence-electron chi connectivity index (χ4n) is 2.10. The number of nitrogens with one attached hydrogen (secondary N) is 2. The second-order valence-electron chi connectivity index (χ2n) is 4.92. The molecule has 3 aromatic rings. The molecule has 10 heteroatoms. The van der Waals surface area contributed by atoms with E-state index in [4.69, 9.17) is 11.6 Å². The van der Waals surface area contributed by atoms with Crippen molar-refractivity contribution in [1.82, 2.24) is 10.2 Å². The van der Waals surface area contributed by atoms with Crippen molar-refractivity contribution in [2.24, 2.45) is 0 Å². The van der Waals surface area contributed by atoms with E-state index in [0.717, 1.165) is 17.5 Å². The van der Waals surface area contributed by atoms with Crippen LogP contribution in [0.1, 0.15) is 5.56 Å². The highest BCUT2D eigenvalue weighted by molar-refractivity contribution is 7.92. The molecule has 0 fully saturated rings. The normalized spacial score (nSPS) is 12.5. The molecule has 0 aliphatic heterocycles. The van der Waals surface area contributed by atoms with Crippen LogP contribution in [0.15, 0.2) is 47.5 Å². The quantitative estimate of drug-likeness (QED) is 0.725. The summed E-state index contributed by atoms with van der Waals surface area (Å²) in [6, 6.07) is 7.00. The number of sulfonamides is 1. The minimum atomic E-state index is -4.75. The Kier molecular flexibility index (Phi) is 3.92. The third-order valence-corrected chi connectivity index (χ3v) is 4.96. The maximum absolute atomic E-state index is 12.9. The summed E-state index contributed by atoms with van der Waals surface area (Å²) in [4.78, 5) is -0.538. The van der Waals surface area contributed by atoms with Crippen LogP contribution >= 0.6 is 11.6 Å². The van der Waals surface area contributed by atoms with E-state index in [1.165, 1.54) is 12.1 Å². The number of alkyl halides is 3. The summed E-state index contributed by atoms with van der Waals surface area (Å²) < 4.78 is 65.5. The Balaban J connectivity index is 1.98. The van der Waals surface area contributed by atoms with Gasteiger partial charge in [-0.25, -0.2) is 8.42 Å². The van der Waals surface area contributed by atoms with Crippen molar-refractivity contribution >= 4 is 38.2 Å². The molecule has 0 spiro atoms. The van der Waals surface area contributed by atoms with E-state index in [2.05, 4.69) is 14.9 Å². The van der Waals surface area contributed by atoms with E-state index in [1.807, 2.05) is 0 Å². The average Bonchev–Trinajstić information content (AvgIpc) is 2.93. The molecule has 0 saturated heterocycles. The molecule has 0 radical (unpaired) electrons. The summed E-state index contributed by atoms with van der Waals surface area (Å²) in [6.45, 7) is 0. The van der Waals surface area contributed by atoms with E-state index in [-0.39, 0.29) is 5.69 Å². The molecule has 0 aliphatic carbocycles. The Morgan fingerprint density at radius 1 is 1.12 bits per heavy atom. The third kappa shape index (κ3) is 3.17. The molecule has 2 aromatic carbocycles. The number of rotatable bonds is 3. The first-order chi connectivity index (χ1) is 11.2. The Bertz CT molecular complexity index is 1020. The van der Waals surface area contributed by atoms with Crippen LogP contribution in [-0.2, 0) is 16.2 Å². The van der Waals surface area contributed by atoms with Crippen LogP contribution in [0.3, 0.4) is 0 Å². The maximum Gasteiger partial charge on any atom is 0.417 e. The summed E-state index contributed by atoms with van der Waals surface area (Å²) in [5.74, 6) is 0. The highest BCUT2D eigenvalue weighted by atomic mass is 35.5. The lowest BCUT2D eigenvalue weighted by atomic mass is 10.2. The van der Waals surface area contributed by atoms with E-state index >= 15 is 0 Å². The summed E-state index contributed by atoms with van der Waals surface area (Å²) >= 11 is 5.50. The number of fused-ring (bicyclic) bond motifs is 1. The molecule has 1 aromatic heterocycles. The van der Waals surface area contributed by atoms with Crippen molar-refractivity contribution in [3.8, 4) is 0 Å². The SMILES string of the molecule is O=S(=O)(Nc1ccc2cn[nH]c2c1)c1ccc(Cl)c(C(F)(F)F)c1. The molecule has 2 N–H and O–H groups in total. The smallest absolute Gasteiger partial charge is 0.280 e. The Hall–Kier alpha value is -2.26. The standard InChI is InChI=1S/C14H9ClF3N3O2S/c15-12-4-3-10(6-11(12)14(16,17)18)24(22,23)21-9-2-1-8-7-19-20-13(8)5-9/h1-7,21H,(H,19,20). The van der Waals surface area contributed by atoms with Gasteiger partial charge in [-0.15, -0.1) is 0 Å². The van der Waals surface area contributed by atoms with Gasteiger partial charge in [0, 0.05) is 5.39 Å². The zero-order valence-corrected chi connectivity index (χ0v) is 13.3. The van der Waals surface area contributed by atoms with E-state index in [9.17, 15) is 21.6 Å². The van der Waals surface area contributed by atoms with Crippen LogP contribution in [-0.4, -0.2) is 18.6 Å². The van der Waals surface area contributed by atoms with Crippen LogP contribution in [0.2, 0.25) is 5.02 Å². The van der Waals surface area contributed by atoms with Gasteiger partial charge in [-0.1, -0.05) is 11.6 Å². The van der Waals surface area contributed by atoms with Gasteiger partial charge in [0.15, 0.2) is 0 Å². The molecular formula is C14H9ClF3N3O2S. The Labute approximate surface area is 139 Å². The Morgan fingerprint density at radius 2 is 1.88 bits per heavy atom. The molecule has 5 nitrogen and oxygen atoms in total. The van der Waals surface area contributed by atoms with E-state index in [0.29, 0.717) is 11.6 Å². The van der Waals surface area contributed by atoms with Gasteiger partial charge >= 0.3 is 6.18 Å². The first-order valence-electron chi connectivity index (χ1n) is 6.49. The number of H-pyrrole nitrogens is 1. The molecule has 126 valence electrons. The largest absolute Gasteiger partial charge is 0.417 e. The number of aromatic nitrogens is 2. The predicted octanol–water partition coefficient (Wildman–Crippen LogP) is 4.04. The van der Waals surface area contributed by atoms with Crippen LogP contribution in [0, 0.1) is 0 Å². The van der Waals surface area contributed by atoms with Crippen LogP contribution < -0.4 is 4.72 Å². The molecule has 0 atom stereocenters. The fraction of sp³-hybridized carbons (Fsp3) is 0.0714. The molecule has 0 saturated carbocycles. The van der Waals surface area contributed by atoms with Crippen LogP contribution in [0.5, 0.6) is 0 Å². The molecule has 0 unspecified atom stereocenters. The molecule has 0 bridgehead atoms. The van der Waals surface area contributed by atoms with Gasteiger partial charge in [0.1, 0.15) is 0 Å². The summed E-state index contributed by atoms with van der Waals surface area (Å²) in [5.41, 5.74) is -0.436. The minimum Gasteiger partial charge on any atom is -0.280 e. The molecule has 3 rings (SSSR count). The zero-order valence-electron chi connectivity index (χ0n) is 11.7. The number of benzene rings is 2. The monoisotopic (exact) mass is 375 g/mol. The molecule has 1 heterocycles. The van der Waals surface area contributed by atoms with Gasteiger partial charge in [-0.2, -0.15) is 18.3 Å². The van der Waals surface area contributed by atoms with Gasteiger partial charge < -0.3 is 0 Å². The van der Waals surface area contributed by atoms with Crippen LogP contribution in [0.4, 0.5) is 18.9 Å². The second-order valence-corrected chi connectivity index (χ2v) is 7.01. The fourth-order valence-corrected chi connectivity index (χ4v) is 3.40. The zero-order chi connectivity index (χ0) is 17.5. The van der Waals surface area contributed by atoms with Crippen molar-refractivity contribution < 1.29 is 21.6 Å². The van der Waals surface area contributed by atoms with Crippen molar-refractivity contribution in [2.75, 3.05) is 4.72 Å². The number of hydrogen-bond acceptors (Lipinski definition) is 3. The summed E-state index contributed by atoms with van der Waals surface area (Å²) in [5, 5.41) is 6.67. The lowest BCUT2D eigenvalue weighted by molar-refractivity contribution is -0.137. The van der Waals surface area contributed by atoms with Gasteiger partial charge in [-0.05, 0) is 36.4 Å². The number of aromatic amines is 1. The average molecular weight is 376 g/mol. The predicted molar refractivity (Wildman–Crippen MR) is 83.4 cm³/mol. The molecule has 0 aliphatic rings. The van der Waals surface area contributed by atoms with Gasteiger partial charge in [-0.3, -0.25) is 9.82 Å². The van der Waals surface area contributed by atoms with Crippen molar-refractivity contribution in [3.05, 3.63) is 53.2 Å². The van der Waals surface area contributed by atoms with E-state index in [1.54, 1.807) is 12.3 Å². The summed E-state index contributed by atoms with van der Waals surface area (Å²) in [6.07, 6.45) is -3.19. The Morgan fingerprint density at radius 3 is 2.58 bits per heavy atom. The van der Waals surface area contributed by atoms with E-state index < -0.39 is 31.7 Å². The van der Waals surface area contributed by atoms with Gasteiger partial charge in [0.2, 0.25) is 0 Å². The molecular weight excluding hydrogens is 367 g/mol. The first-order valence-corrected chi connectivity index (χ1v) is 8.36.